The van der Waals surface area contributed by atoms with E-state index in [4.69, 9.17) is 5.73 Å². The summed E-state index contributed by atoms with van der Waals surface area (Å²) < 4.78 is 0. The molecule has 92 valence electrons. The zero-order valence-electron chi connectivity index (χ0n) is 11.2. The van der Waals surface area contributed by atoms with Crippen LogP contribution in [-0.4, -0.2) is 11.0 Å². The Morgan fingerprint density at radius 3 is 2.59 bits per heavy atom. The van der Waals surface area contributed by atoms with Crippen molar-refractivity contribution in [2.45, 2.75) is 45.6 Å². The molecular formula is C15H22N2. The third kappa shape index (κ3) is 2.52. The molecule has 0 aliphatic carbocycles. The minimum atomic E-state index is 0.192. The highest BCUT2D eigenvalue weighted by Gasteiger charge is 2.15. The third-order valence-corrected chi connectivity index (χ3v) is 3.18. The van der Waals surface area contributed by atoms with Crippen molar-refractivity contribution in [1.29, 1.82) is 0 Å². The van der Waals surface area contributed by atoms with Crippen LogP contribution in [0.15, 0.2) is 24.4 Å². The van der Waals surface area contributed by atoms with Gasteiger partial charge in [0.15, 0.2) is 0 Å². The van der Waals surface area contributed by atoms with Crippen LogP contribution in [0, 0.1) is 0 Å². The van der Waals surface area contributed by atoms with Gasteiger partial charge in [-0.1, -0.05) is 26.8 Å². The zero-order chi connectivity index (χ0) is 12.6. The van der Waals surface area contributed by atoms with Crippen LogP contribution >= 0.6 is 0 Å². The van der Waals surface area contributed by atoms with Crippen molar-refractivity contribution in [1.82, 2.24) is 4.98 Å². The van der Waals surface area contributed by atoms with Gasteiger partial charge in [0.1, 0.15) is 0 Å². The van der Waals surface area contributed by atoms with E-state index >= 15 is 0 Å². The predicted octanol–water partition coefficient (Wildman–Crippen LogP) is 3.36. The minimum absolute atomic E-state index is 0.192. The zero-order valence-corrected chi connectivity index (χ0v) is 11.2. The Hall–Kier alpha value is -1.28. The van der Waals surface area contributed by atoms with Gasteiger partial charge in [-0.3, -0.25) is 0 Å². The van der Waals surface area contributed by atoms with Crippen LogP contribution < -0.4 is 5.73 Å². The molecule has 0 saturated carbocycles. The number of hydrogen-bond acceptors (Lipinski definition) is 1. The topological polar surface area (TPSA) is 41.8 Å². The normalized spacial score (nSPS) is 14.2. The molecule has 17 heavy (non-hydrogen) atoms. The van der Waals surface area contributed by atoms with E-state index in [1.807, 2.05) is 6.92 Å². The maximum absolute atomic E-state index is 5.88. The Bertz CT molecular complexity index is 515. The van der Waals surface area contributed by atoms with Crippen LogP contribution in [0.3, 0.4) is 0 Å². The summed E-state index contributed by atoms with van der Waals surface area (Å²) in [5.74, 6) is 0. The number of aromatic amines is 1. The maximum atomic E-state index is 5.88. The predicted molar refractivity (Wildman–Crippen MR) is 74.4 cm³/mol. The van der Waals surface area contributed by atoms with E-state index in [9.17, 15) is 0 Å². The van der Waals surface area contributed by atoms with Crippen LogP contribution in [0.5, 0.6) is 0 Å². The average molecular weight is 230 g/mol. The van der Waals surface area contributed by atoms with E-state index in [0.717, 1.165) is 6.42 Å². The quantitative estimate of drug-likeness (QED) is 0.816. The molecule has 2 heteroatoms. The van der Waals surface area contributed by atoms with E-state index in [-0.39, 0.29) is 11.5 Å². The Kier molecular flexibility index (Phi) is 3.00. The Morgan fingerprint density at radius 1 is 1.29 bits per heavy atom. The molecule has 1 heterocycles. The molecule has 1 unspecified atom stereocenters. The molecule has 1 aromatic heterocycles. The second-order valence-electron chi connectivity index (χ2n) is 6.01. The molecule has 2 rings (SSSR count). The molecule has 0 bridgehead atoms. The summed E-state index contributed by atoms with van der Waals surface area (Å²) in [6.45, 7) is 8.77. The number of fused-ring (bicyclic) bond motifs is 1. The summed E-state index contributed by atoms with van der Waals surface area (Å²) in [5.41, 5.74) is 9.97. The first-order valence-corrected chi connectivity index (χ1v) is 6.24. The van der Waals surface area contributed by atoms with Crippen molar-refractivity contribution in [2.75, 3.05) is 0 Å². The van der Waals surface area contributed by atoms with Gasteiger partial charge in [-0.25, -0.2) is 0 Å². The van der Waals surface area contributed by atoms with Gasteiger partial charge in [0.2, 0.25) is 0 Å². The van der Waals surface area contributed by atoms with Crippen LogP contribution in [-0.2, 0) is 11.8 Å². The second-order valence-corrected chi connectivity index (χ2v) is 6.01. The van der Waals surface area contributed by atoms with Crippen molar-refractivity contribution in [2.24, 2.45) is 5.73 Å². The van der Waals surface area contributed by atoms with Crippen LogP contribution in [0.4, 0.5) is 0 Å². The molecule has 1 atom stereocenters. The lowest BCUT2D eigenvalue weighted by atomic mass is 9.86. The molecule has 0 radical (unpaired) electrons. The standard InChI is InChI=1S/C15H22N2/c1-10(16)7-11-9-17-14-6-5-12(8-13(11)14)15(2,3)4/h5-6,8-10,17H,7,16H2,1-4H3. The summed E-state index contributed by atoms with van der Waals surface area (Å²) in [6, 6.07) is 6.87. The highest BCUT2D eigenvalue weighted by atomic mass is 14.7. The molecule has 0 aliphatic rings. The number of benzene rings is 1. The lowest BCUT2D eigenvalue weighted by Crippen LogP contribution is -2.17. The van der Waals surface area contributed by atoms with Crippen molar-refractivity contribution in [3.05, 3.63) is 35.5 Å². The smallest absolute Gasteiger partial charge is 0.0457 e. The highest BCUT2D eigenvalue weighted by Crippen LogP contribution is 2.27. The second kappa shape index (κ2) is 4.19. The third-order valence-electron chi connectivity index (χ3n) is 3.18. The number of hydrogen-bond donors (Lipinski definition) is 2. The monoisotopic (exact) mass is 230 g/mol. The van der Waals surface area contributed by atoms with Crippen molar-refractivity contribution in [3.8, 4) is 0 Å². The first kappa shape index (κ1) is 12.2. The van der Waals surface area contributed by atoms with Gasteiger partial charge in [0.05, 0.1) is 0 Å². The fourth-order valence-corrected chi connectivity index (χ4v) is 2.16. The van der Waals surface area contributed by atoms with Gasteiger partial charge < -0.3 is 10.7 Å². The summed E-state index contributed by atoms with van der Waals surface area (Å²) in [6.07, 6.45) is 3.01. The Balaban J connectivity index is 2.50. The van der Waals surface area contributed by atoms with Gasteiger partial charge in [0.25, 0.3) is 0 Å². The Labute approximate surface area is 103 Å². The number of aromatic nitrogens is 1. The van der Waals surface area contributed by atoms with E-state index in [1.54, 1.807) is 0 Å². The summed E-state index contributed by atoms with van der Waals surface area (Å²) in [7, 11) is 0. The van der Waals surface area contributed by atoms with E-state index in [0.29, 0.717) is 0 Å². The summed E-state index contributed by atoms with van der Waals surface area (Å²) >= 11 is 0. The van der Waals surface area contributed by atoms with E-state index in [1.165, 1.54) is 22.0 Å². The number of H-pyrrole nitrogens is 1. The summed E-state index contributed by atoms with van der Waals surface area (Å²) in [5, 5.41) is 1.31. The van der Waals surface area contributed by atoms with Gasteiger partial charge in [-0.2, -0.15) is 0 Å². The maximum Gasteiger partial charge on any atom is 0.0457 e. The van der Waals surface area contributed by atoms with Gasteiger partial charge in [-0.15, -0.1) is 0 Å². The molecule has 0 fully saturated rings. The van der Waals surface area contributed by atoms with Crippen LogP contribution in [0.1, 0.15) is 38.8 Å². The minimum Gasteiger partial charge on any atom is -0.361 e. The van der Waals surface area contributed by atoms with E-state index < -0.39 is 0 Å². The van der Waals surface area contributed by atoms with E-state index in [2.05, 4.69) is 50.2 Å². The van der Waals surface area contributed by atoms with Crippen molar-refractivity contribution >= 4 is 10.9 Å². The molecule has 1 aromatic carbocycles. The fourth-order valence-electron chi connectivity index (χ4n) is 2.16. The molecule has 0 aliphatic heterocycles. The first-order valence-electron chi connectivity index (χ1n) is 6.24. The van der Waals surface area contributed by atoms with Crippen LogP contribution in [0.25, 0.3) is 10.9 Å². The SMILES string of the molecule is CC(N)Cc1c[nH]c2ccc(C(C)(C)C)cc12. The molecule has 0 saturated heterocycles. The average Bonchev–Trinajstić information content (AvgIpc) is 2.59. The molecule has 2 aromatic rings. The number of rotatable bonds is 2. The first-order chi connectivity index (χ1) is 7.88. The summed E-state index contributed by atoms with van der Waals surface area (Å²) in [4.78, 5) is 3.32. The molecule has 0 amide bonds. The van der Waals surface area contributed by atoms with Crippen molar-refractivity contribution < 1.29 is 0 Å². The molecule has 3 N–H and O–H groups in total. The molecular weight excluding hydrogens is 208 g/mol. The lowest BCUT2D eigenvalue weighted by molar-refractivity contribution is 0.591. The highest BCUT2D eigenvalue weighted by molar-refractivity contribution is 5.84. The van der Waals surface area contributed by atoms with Gasteiger partial charge in [0, 0.05) is 23.1 Å². The van der Waals surface area contributed by atoms with Crippen LogP contribution in [0.2, 0.25) is 0 Å². The molecule has 0 spiro atoms. The Morgan fingerprint density at radius 2 is 2.00 bits per heavy atom. The van der Waals surface area contributed by atoms with Crippen molar-refractivity contribution in [3.63, 3.8) is 0 Å². The number of nitrogens with one attached hydrogen (secondary N) is 1. The van der Waals surface area contributed by atoms with Gasteiger partial charge >= 0.3 is 0 Å². The fraction of sp³-hybridized carbons (Fsp3) is 0.467. The number of nitrogens with two attached hydrogens (primary N) is 1. The largest absolute Gasteiger partial charge is 0.361 e. The van der Waals surface area contributed by atoms with Gasteiger partial charge in [-0.05, 0) is 42.0 Å². The lowest BCUT2D eigenvalue weighted by Gasteiger charge is -2.19. The molecule has 2 nitrogen and oxygen atoms in total.